The Bertz CT molecular complexity index is 1270. The number of anilines is 1. The van der Waals surface area contributed by atoms with Crippen molar-refractivity contribution < 1.29 is 18.3 Å². The summed E-state index contributed by atoms with van der Waals surface area (Å²) in [5.41, 5.74) is 2.96. The van der Waals surface area contributed by atoms with Crippen LogP contribution >= 0.6 is 11.6 Å². The van der Waals surface area contributed by atoms with Gasteiger partial charge in [-0.25, -0.2) is 4.98 Å². The predicted molar refractivity (Wildman–Crippen MR) is 116 cm³/mol. The summed E-state index contributed by atoms with van der Waals surface area (Å²) in [6.07, 6.45) is 3.28. The molecule has 0 aliphatic carbocycles. The van der Waals surface area contributed by atoms with Crippen LogP contribution in [0, 0.1) is 6.92 Å². The standard InChI is InChI=1S/C23H16ClF2N3O2/c1-13-4-6-19(21(9-13)31-23(25)26)29-22(30)17-11-20(14-3-2-8-27-12-14)28-18-7-5-15(24)10-16(17)18/h2-12,23H,1H3,(H,29,30). The molecule has 5 nitrogen and oxygen atoms in total. The molecule has 156 valence electrons. The van der Waals surface area contributed by atoms with Crippen molar-refractivity contribution in [2.75, 3.05) is 5.32 Å². The Morgan fingerprint density at radius 3 is 2.71 bits per heavy atom. The quantitative estimate of drug-likeness (QED) is 0.407. The molecule has 2 aromatic carbocycles. The van der Waals surface area contributed by atoms with Gasteiger partial charge in [0, 0.05) is 28.4 Å². The number of nitrogens with one attached hydrogen (secondary N) is 1. The number of alkyl halides is 2. The number of carbonyl (C=O) groups is 1. The minimum absolute atomic E-state index is 0.118. The van der Waals surface area contributed by atoms with Crippen molar-refractivity contribution in [1.29, 1.82) is 0 Å². The fourth-order valence-electron chi connectivity index (χ4n) is 3.16. The molecular formula is C23H16ClF2N3O2. The molecule has 0 aliphatic heterocycles. The SMILES string of the molecule is Cc1ccc(NC(=O)c2cc(-c3cccnc3)nc3ccc(Cl)cc23)c(OC(F)F)c1. The molecule has 0 radical (unpaired) electrons. The number of fused-ring (bicyclic) bond motifs is 1. The molecule has 1 amide bonds. The van der Waals surface area contributed by atoms with E-state index in [1.54, 1.807) is 55.7 Å². The van der Waals surface area contributed by atoms with Gasteiger partial charge >= 0.3 is 6.61 Å². The second kappa shape index (κ2) is 8.65. The van der Waals surface area contributed by atoms with Crippen LogP contribution in [-0.4, -0.2) is 22.5 Å². The van der Waals surface area contributed by atoms with E-state index < -0.39 is 12.5 Å². The van der Waals surface area contributed by atoms with Gasteiger partial charge in [-0.1, -0.05) is 17.7 Å². The summed E-state index contributed by atoms with van der Waals surface area (Å²) in [6.45, 7) is -1.28. The lowest BCUT2D eigenvalue weighted by atomic mass is 10.0. The number of nitrogens with zero attached hydrogens (tertiary/aromatic N) is 2. The normalized spacial score (nSPS) is 11.0. The topological polar surface area (TPSA) is 64.1 Å². The van der Waals surface area contributed by atoms with Crippen LogP contribution in [-0.2, 0) is 0 Å². The molecule has 4 rings (SSSR count). The Morgan fingerprint density at radius 1 is 1.13 bits per heavy atom. The molecule has 0 atom stereocenters. The van der Waals surface area contributed by atoms with Crippen molar-refractivity contribution in [3.8, 4) is 17.0 Å². The lowest BCUT2D eigenvalue weighted by Gasteiger charge is -2.14. The maximum Gasteiger partial charge on any atom is 0.387 e. The van der Waals surface area contributed by atoms with E-state index in [1.165, 1.54) is 12.1 Å². The molecule has 4 aromatic rings. The first kappa shape index (κ1) is 20.7. The predicted octanol–water partition coefficient (Wildman–Crippen LogP) is 6.11. The van der Waals surface area contributed by atoms with Crippen LogP contribution in [0.2, 0.25) is 5.02 Å². The average Bonchev–Trinajstić information content (AvgIpc) is 2.75. The largest absolute Gasteiger partial charge is 0.433 e. The summed E-state index contributed by atoms with van der Waals surface area (Å²) >= 11 is 6.14. The minimum atomic E-state index is -3.02. The van der Waals surface area contributed by atoms with Gasteiger partial charge < -0.3 is 10.1 Å². The lowest BCUT2D eigenvalue weighted by molar-refractivity contribution is -0.0494. The van der Waals surface area contributed by atoms with Crippen molar-refractivity contribution in [3.63, 3.8) is 0 Å². The van der Waals surface area contributed by atoms with E-state index in [4.69, 9.17) is 11.6 Å². The second-order valence-electron chi connectivity index (χ2n) is 6.79. The molecule has 0 fully saturated rings. The molecule has 0 bridgehead atoms. The van der Waals surface area contributed by atoms with Crippen LogP contribution in [0.15, 0.2) is 67.0 Å². The van der Waals surface area contributed by atoms with Gasteiger partial charge in [0.2, 0.25) is 0 Å². The molecule has 31 heavy (non-hydrogen) atoms. The first-order valence-corrected chi connectivity index (χ1v) is 9.66. The molecule has 0 spiro atoms. The van der Waals surface area contributed by atoms with Crippen molar-refractivity contribution in [2.24, 2.45) is 0 Å². The van der Waals surface area contributed by atoms with Crippen molar-refractivity contribution in [1.82, 2.24) is 9.97 Å². The molecule has 1 N–H and O–H groups in total. The maximum atomic E-state index is 13.2. The van der Waals surface area contributed by atoms with E-state index in [-0.39, 0.29) is 17.0 Å². The number of benzene rings is 2. The molecule has 0 unspecified atom stereocenters. The number of halogens is 3. The average molecular weight is 440 g/mol. The number of aryl methyl sites for hydroxylation is 1. The second-order valence-corrected chi connectivity index (χ2v) is 7.23. The van der Waals surface area contributed by atoms with Gasteiger partial charge in [-0.2, -0.15) is 8.78 Å². The molecule has 8 heteroatoms. The number of hydrogen-bond donors (Lipinski definition) is 1. The molecule has 2 aromatic heterocycles. The van der Waals surface area contributed by atoms with Gasteiger partial charge in [0.25, 0.3) is 5.91 Å². The lowest BCUT2D eigenvalue weighted by Crippen LogP contribution is -2.15. The number of aromatic nitrogens is 2. The Kier molecular flexibility index (Phi) is 5.77. The first-order valence-electron chi connectivity index (χ1n) is 9.28. The zero-order valence-corrected chi connectivity index (χ0v) is 17.0. The molecular weight excluding hydrogens is 424 g/mol. The number of carbonyl (C=O) groups excluding carboxylic acids is 1. The highest BCUT2D eigenvalue weighted by Crippen LogP contribution is 2.30. The minimum Gasteiger partial charge on any atom is -0.433 e. The van der Waals surface area contributed by atoms with Crippen LogP contribution in [0.25, 0.3) is 22.2 Å². The summed E-state index contributed by atoms with van der Waals surface area (Å²) in [6, 6.07) is 14.9. The number of rotatable bonds is 5. The van der Waals surface area contributed by atoms with E-state index >= 15 is 0 Å². The monoisotopic (exact) mass is 439 g/mol. The fraction of sp³-hybridized carbons (Fsp3) is 0.0870. The summed E-state index contributed by atoms with van der Waals surface area (Å²) in [7, 11) is 0. The van der Waals surface area contributed by atoms with Crippen LogP contribution in [0.4, 0.5) is 14.5 Å². The van der Waals surface area contributed by atoms with Gasteiger partial charge in [-0.3, -0.25) is 9.78 Å². The Labute approximate surface area is 181 Å². The van der Waals surface area contributed by atoms with Crippen molar-refractivity contribution in [2.45, 2.75) is 13.5 Å². The zero-order valence-electron chi connectivity index (χ0n) is 16.3. The van der Waals surface area contributed by atoms with Gasteiger partial charge in [0.05, 0.1) is 22.5 Å². The summed E-state index contributed by atoms with van der Waals surface area (Å²) < 4.78 is 30.2. The van der Waals surface area contributed by atoms with Gasteiger partial charge in [0.1, 0.15) is 5.75 Å². The van der Waals surface area contributed by atoms with Crippen LogP contribution in [0.3, 0.4) is 0 Å². The number of amides is 1. The fourth-order valence-corrected chi connectivity index (χ4v) is 3.34. The molecule has 0 saturated heterocycles. The Hall–Kier alpha value is -3.58. The third-order valence-corrected chi connectivity index (χ3v) is 4.81. The van der Waals surface area contributed by atoms with Crippen molar-refractivity contribution >= 4 is 34.1 Å². The van der Waals surface area contributed by atoms with Gasteiger partial charge in [-0.05, 0) is 61.0 Å². The highest BCUT2D eigenvalue weighted by atomic mass is 35.5. The van der Waals surface area contributed by atoms with Crippen LogP contribution < -0.4 is 10.1 Å². The Balaban J connectivity index is 1.80. The number of ether oxygens (including phenoxy) is 1. The van der Waals surface area contributed by atoms with E-state index in [0.717, 1.165) is 5.56 Å². The van der Waals surface area contributed by atoms with Crippen LogP contribution in [0.5, 0.6) is 5.75 Å². The summed E-state index contributed by atoms with van der Waals surface area (Å²) in [5, 5.41) is 3.63. The van der Waals surface area contributed by atoms with E-state index in [0.29, 0.717) is 27.2 Å². The highest BCUT2D eigenvalue weighted by Gasteiger charge is 2.18. The van der Waals surface area contributed by atoms with E-state index in [1.807, 2.05) is 6.07 Å². The van der Waals surface area contributed by atoms with E-state index in [9.17, 15) is 13.6 Å². The molecule has 2 heterocycles. The smallest absolute Gasteiger partial charge is 0.387 e. The van der Waals surface area contributed by atoms with Gasteiger partial charge in [-0.15, -0.1) is 0 Å². The third kappa shape index (κ3) is 4.62. The summed E-state index contributed by atoms with van der Waals surface area (Å²) in [5.74, 6) is -0.630. The number of hydrogen-bond acceptors (Lipinski definition) is 4. The van der Waals surface area contributed by atoms with Crippen LogP contribution in [0.1, 0.15) is 15.9 Å². The van der Waals surface area contributed by atoms with E-state index in [2.05, 4.69) is 20.0 Å². The molecule has 0 saturated carbocycles. The zero-order chi connectivity index (χ0) is 22.0. The van der Waals surface area contributed by atoms with Gasteiger partial charge in [0.15, 0.2) is 0 Å². The summed E-state index contributed by atoms with van der Waals surface area (Å²) in [4.78, 5) is 21.9. The first-order chi connectivity index (χ1) is 14.9. The number of pyridine rings is 2. The highest BCUT2D eigenvalue weighted by molar-refractivity contribution is 6.31. The molecule has 0 aliphatic rings. The third-order valence-electron chi connectivity index (χ3n) is 4.57. The van der Waals surface area contributed by atoms with Crippen molar-refractivity contribution in [3.05, 3.63) is 83.1 Å². The Morgan fingerprint density at radius 2 is 1.97 bits per heavy atom. The maximum absolute atomic E-state index is 13.2.